The van der Waals surface area contributed by atoms with Crippen LogP contribution in [0.1, 0.15) is 6.92 Å². The van der Waals surface area contributed by atoms with Gasteiger partial charge in [-0.15, -0.1) is 0 Å². The molecule has 10 nitrogen and oxygen atoms in total. The van der Waals surface area contributed by atoms with Gasteiger partial charge in [-0.3, -0.25) is 19.5 Å². The first-order chi connectivity index (χ1) is 12.8. The summed E-state index contributed by atoms with van der Waals surface area (Å²) in [6.45, 7) is 4.02. The molecule has 0 spiro atoms. The van der Waals surface area contributed by atoms with Crippen LogP contribution >= 0.6 is 0 Å². The van der Waals surface area contributed by atoms with Crippen molar-refractivity contribution < 1.29 is 13.2 Å². The van der Waals surface area contributed by atoms with E-state index in [4.69, 9.17) is 0 Å². The van der Waals surface area contributed by atoms with Crippen molar-refractivity contribution in [2.75, 3.05) is 39.3 Å². The highest BCUT2D eigenvalue weighted by Crippen LogP contribution is 2.20. The number of nitrogens with zero attached hydrogens (tertiary/aromatic N) is 2. The Morgan fingerprint density at radius 3 is 2.52 bits per heavy atom. The Hall–Kier alpha value is -2.50. The van der Waals surface area contributed by atoms with Gasteiger partial charge in [0, 0.05) is 32.7 Å². The van der Waals surface area contributed by atoms with Crippen LogP contribution in [-0.4, -0.2) is 72.8 Å². The number of rotatable bonds is 5. The van der Waals surface area contributed by atoms with Gasteiger partial charge in [-0.1, -0.05) is 0 Å². The number of hydrogen-bond donors (Lipinski definition) is 3. The van der Waals surface area contributed by atoms with Crippen LogP contribution in [0.25, 0.3) is 10.9 Å². The zero-order valence-electron chi connectivity index (χ0n) is 14.8. The molecule has 0 radical (unpaired) electrons. The summed E-state index contributed by atoms with van der Waals surface area (Å²) in [6.07, 6.45) is 0. The van der Waals surface area contributed by atoms with Crippen molar-refractivity contribution in [3.8, 4) is 0 Å². The Morgan fingerprint density at radius 2 is 1.85 bits per heavy atom. The fourth-order valence-electron chi connectivity index (χ4n) is 3.04. The first kappa shape index (κ1) is 19.3. The van der Waals surface area contributed by atoms with Gasteiger partial charge in [0.25, 0.3) is 5.56 Å². The first-order valence-corrected chi connectivity index (χ1v) is 10.0. The summed E-state index contributed by atoms with van der Waals surface area (Å²) >= 11 is 0. The van der Waals surface area contributed by atoms with Gasteiger partial charge in [0.2, 0.25) is 15.9 Å². The molecule has 1 fully saturated rings. The summed E-state index contributed by atoms with van der Waals surface area (Å²) in [5.74, 6) is -0.0865. The lowest BCUT2D eigenvalue weighted by Crippen LogP contribution is -2.51. The third kappa shape index (κ3) is 4.10. The van der Waals surface area contributed by atoms with E-state index < -0.39 is 21.3 Å². The van der Waals surface area contributed by atoms with Crippen LogP contribution in [0.3, 0.4) is 0 Å². The molecule has 1 amide bonds. The summed E-state index contributed by atoms with van der Waals surface area (Å²) < 4.78 is 27.1. The average molecular weight is 395 g/mol. The molecule has 1 aliphatic heterocycles. The SMILES string of the molecule is CCNC(=O)CN1CCN(S(=O)(=O)c2ccc3[nH]c(=O)[nH]c(=O)c3c2)CC1. The van der Waals surface area contributed by atoms with Crippen LogP contribution in [0.15, 0.2) is 32.7 Å². The van der Waals surface area contributed by atoms with Crippen LogP contribution in [-0.2, 0) is 14.8 Å². The van der Waals surface area contributed by atoms with Gasteiger partial charge in [-0.2, -0.15) is 4.31 Å². The lowest BCUT2D eigenvalue weighted by Gasteiger charge is -2.33. The van der Waals surface area contributed by atoms with E-state index in [2.05, 4.69) is 15.3 Å². The van der Waals surface area contributed by atoms with Gasteiger partial charge < -0.3 is 10.3 Å². The lowest BCUT2D eigenvalue weighted by atomic mass is 10.2. The van der Waals surface area contributed by atoms with E-state index in [9.17, 15) is 22.8 Å². The predicted octanol–water partition coefficient (Wildman–Crippen LogP) is -1.34. The number of hydrogen-bond acceptors (Lipinski definition) is 6. The largest absolute Gasteiger partial charge is 0.355 e. The zero-order valence-corrected chi connectivity index (χ0v) is 15.6. The van der Waals surface area contributed by atoms with Crippen molar-refractivity contribution in [2.45, 2.75) is 11.8 Å². The van der Waals surface area contributed by atoms with E-state index in [0.717, 1.165) is 0 Å². The maximum atomic E-state index is 12.9. The molecule has 3 N–H and O–H groups in total. The molecule has 1 aromatic heterocycles. The Bertz CT molecular complexity index is 1070. The number of aromatic amines is 2. The Labute approximate surface area is 155 Å². The number of amides is 1. The molecular weight excluding hydrogens is 374 g/mol. The third-order valence-corrected chi connectivity index (χ3v) is 6.32. The number of carbonyl (C=O) groups is 1. The average Bonchev–Trinajstić information content (AvgIpc) is 2.62. The van der Waals surface area contributed by atoms with Crippen LogP contribution in [0.5, 0.6) is 0 Å². The van der Waals surface area contributed by atoms with E-state index in [0.29, 0.717) is 19.6 Å². The fraction of sp³-hybridized carbons (Fsp3) is 0.438. The van der Waals surface area contributed by atoms with Crippen LogP contribution in [0, 0.1) is 0 Å². The van der Waals surface area contributed by atoms with Crippen molar-refractivity contribution in [2.24, 2.45) is 0 Å². The molecule has 0 atom stereocenters. The normalized spacial score (nSPS) is 16.5. The van der Waals surface area contributed by atoms with Crippen LogP contribution in [0.4, 0.5) is 0 Å². The molecule has 146 valence electrons. The number of H-pyrrole nitrogens is 2. The number of nitrogens with one attached hydrogen (secondary N) is 3. The lowest BCUT2D eigenvalue weighted by molar-refractivity contribution is -0.122. The number of likely N-dealkylation sites (N-methyl/N-ethyl adjacent to an activating group) is 1. The summed E-state index contributed by atoms with van der Waals surface area (Å²) in [7, 11) is -3.78. The van der Waals surface area contributed by atoms with Crippen molar-refractivity contribution in [3.63, 3.8) is 0 Å². The molecule has 1 aliphatic rings. The minimum atomic E-state index is -3.78. The van der Waals surface area contributed by atoms with Crippen molar-refractivity contribution >= 4 is 26.8 Å². The second-order valence-corrected chi connectivity index (χ2v) is 8.19. The summed E-state index contributed by atoms with van der Waals surface area (Å²) in [6, 6.07) is 4.04. The fourth-order valence-corrected chi connectivity index (χ4v) is 4.49. The Kier molecular flexibility index (Phi) is 5.44. The highest BCUT2D eigenvalue weighted by Gasteiger charge is 2.29. The molecular formula is C16H21N5O5S. The second-order valence-electron chi connectivity index (χ2n) is 6.25. The van der Waals surface area contributed by atoms with Crippen LogP contribution < -0.4 is 16.6 Å². The van der Waals surface area contributed by atoms with Gasteiger partial charge in [-0.05, 0) is 25.1 Å². The number of benzene rings is 1. The number of piperazine rings is 1. The summed E-state index contributed by atoms with van der Waals surface area (Å²) in [5.41, 5.74) is -1.02. The quantitative estimate of drug-likeness (QED) is 0.573. The molecule has 1 saturated heterocycles. The molecule has 2 aromatic rings. The first-order valence-electron chi connectivity index (χ1n) is 8.57. The molecule has 3 rings (SSSR count). The number of aromatic nitrogens is 2. The number of carbonyl (C=O) groups excluding carboxylic acids is 1. The van der Waals surface area contributed by atoms with E-state index in [1.54, 1.807) is 0 Å². The maximum Gasteiger partial charge on any atom is 0.326 e. The minimum absolute atomic E-state index is 0.00951. The van der Waals surface area contributed by atoms with Gasteiger partial charge in [-0.25, -0.2) is 13.2 Å². The van der Waals surface area contributed by atoms with E-state index >= 15 is 0 Å². The smallest absolute Gasteiger partial charge is 0.326 e. The van der Waals surface area contributed by atoms with Gasteiger partial charge in [0.15, 0.2) is 0 Å². The number of fused-ring (bicyclic) bond motifs is 1. The van der Waals surface area contributed by atoms with Crippen LogP contribution in [0.2, 0.25) is 0 Å². The monoisotopic (exact) mass is 395 g/mol. The van der Waals surface area contributed by atoms with E-state index in [1.807, 2.05) is 11.8 Å². The molecule has 11 heteroatoms. The highest BCUT2D eigenvalue weighted by molar-refractivity contribution is 7.89. The van der Waals surface area contributed by atoms with Gasteiger partial charge >= 0.3 is 5.69 Å². The molecule has 0 aliphatic carbocycles. The molecule has 0 bridgehead atoms. The van der Waals surface area contributed by atoms with E-state index in [1.165, 1.54) is 22.5 Å². The maximum absolute atomic E-state index is 12.9. The molecule has 0 unspecified atom stereocenters. The molecule has 1 aromatic carbocycles. The summed E-state index contributed by atoms with van der Waals surface area (Å²) in [4.78, 5) is 41.3. The number of sulfonamides is 1. The standard InChI is InChI=1S/C16H21N5O5S/c1-2-17-14(22)10-20-5-7-21(8-6-20)27(25,26)11-3-4-13-12(9-11)15(23)19-16(24)18-13/h3-4,9H,2,5-8,10H2,1H3,(H,17,22)(H2,18,19,23,24). The molecule has 27 heavy (non-hydrogen) atoms. The predicted molar refractivity (Wildman–Crippen MR) is 99.1 cm³/mol. The van der Waals surface area contributed by atoms with Gasteiger partial charge in [0.1, 0.15) is 0 Å². The van der Waals surface area contributed by atoms with Crippen molar-refractivity contribution in [3.05, 3.63) is 39.0 Å². The molecule has 0 saturated carbocycles. The highest BCUT2D eigenvalue weighted by atomic mass is 32.2. The van der Waals surface area contributed by atoms with Crippen molar-refractivity contribution in [1.82, 2.24) is 24.5 Å². The summed E-state index contributed by atoms with van der Waals surface area (Å²) in [5, 5.41) is 2.82. The topological polar surface area (TPSA) is 135 Å². The van der Waals surface area contributed by atoms with Gasteiger partial charge in [0.05, 0.1) is 22.3 Å². The molecule has 2 heterocycles. The Morgan fingerprint density at radius 1 is 1.15 bits per heavy atom. The second kappa shape index (κ2) is 7.62. The third-order valence-electron chi connectivity index (χ3n) is 4.42. The van der Waals surface area contributed by atoms with E-state index in [-0.39, 0.29) is 41.3 Å². The zero-order chi connectivity index (χ0) is 19.6. The Balaban J connectivity index is 1.78. The van der Waals surface area contributed by atoms with Crippen molar-refractivity contribution in [1.29, 1.82) is 0 Å². The minimum Gasteiger partial charge on any atom is -0.355 e.